The molecule has 17 heavy (non-hydrogen) atoms. The van der Waals surface area contributed by atoms with Gasteiger partial charge in [-0.05, 0) is 42.5 Å². The molecule has 3 nitrogen and oxygen atoms in total. The van der Waals surface area contributed by atoms with Crippen molar-refractivity contribution in [3.8, 4) is 0 Å². The molecule has 2 heterocycles. The van der Waals surface area contributed by atoms with Crippen LogP contribution in [0.1, 0.15) is 30.4 Å². The van der Waals surface area contributed by atoms with Gasteiger partial charge < -0.3 is 14.8 Å². The van der Waals surface area contributed by atoms with E-state index in [4.69, 9.17) is 9.47 Å². The first kappa shape index (κ1) is 11.1. The minimum Gasteiger partial charge on any atom is -0.382 e. The molecule has 1 aromatic rings. The summed E-state index contributed by atoms with van der Waals surface area (Å²) in [7, 11) is 0. The summed E-state index contributed by atoms with van der Waals surface area (Å²) in [5, 5.41) is 3.46. The maximum absolute atomic E-state index is 5.71. The third-order valence-corrected chi connectivity index (χ3v) is 3.53. The van der Waals surface area contributed by atoms with Crippen LogP contribution in [0.5, 0.6) is 0 Å². The molecule has 0 spiro atoms. The lowest BCUT2D eigenvalue weighted by Gasteiger charge is -2.23. The molecule has 0 saturated carbocycles. The summed E-state index contributed by atoms with van der Waals surface area (Å²) in [5.41, 5.74) is 3.83. The molecule has 1 atom stereocenters. The standard InChI is InChI=1S/C14H19NO2/c1-2-6-17-14(3-1)8-15-13-5-4-11-9-16-10-12(11)7-13/h4-5,7,14-15H,1-3,6,8-10H2. The van der Waals surface area contributed by atoms with Crippen molar-refractivity contribution in [1.29, 1.82) is 0 Å². The molecule has 1 saturated heterocycles. The van der Waals surface area contributed by atoms with Crippen molar-refractivity contribution in [2.45, 2.75) is 38.6 Å². The molecule has 1 unspecified atom stereocenters. The molecular formula is C14H19NO2. The summed E-state index contributed by atoms with van der Waals surface area (Å²) in [6.45, 7) is 3.36. The minimum atomic E-state index is 0.383. The predicted octanol–water partition coefficient (Wildman–Crippen LogP) is 2.70. The maximum Gasteiger partial charge on any atom is 0.0747 e. The monoisotopic (exact) mass is 233 g/mol. The Hall–Kier alpha value is -1.06. The van der Waals surface area contributed by atoms with Crippen molar-refractivity contribution in [3.63, 3.8) is 0 Å². The molecule has 0 amide bonds. The van der Waals surface area contributed by atoms with Crippen molar-refractivity contribution in [1.82, 2.24) is 0 Å². The third kappa shape index (κ3) is 2.61. The topological polar surface area (TPSA) is 30.5 Å². The smallest absolute Gasteiger partial charge is 0.0747 e. The van der Waals surface area contributed by atoms with E-state index in [-0.39, 0.29) is 0 Å². The van der Waals surface area contributed by atoms with Crippen LogP contribution in [0.15, 0.2) is 18.2 Å². The number of fused-ring (bicyclic) bond motifs is 1. The van der Waals surface area contributed by atoms with Crippen LogP contribution in [0, 0.1) is 0 Å². The second-order valence-corrected chi connectivity index (χ2v) is 4.85. The van der Waals surface area contributed by atoms with Gasteiger partial charge in [-0.3, -0.25) is 0 Å². The van der Waals surface area contributed by atoms with Gasteiger partial charge in [-0.15, -0.1) is 0 Å². The van der Waals surface area contributed by atoms with E-state index in [0.717, 1.165) is 26.4 Å². The van der Waals surface area contributed by atoms with E-state index in [0.29, 0.717) is 6.10 Å². The van der Waals surface area contributed by atoms with Gasteiger partial charge in [-0.2, -0.15) is 0 Å². The maximum atomic E-state index is 5.71. The Morgan fingerprint density at radius 1 is 1.18 bits per heavy atom. The summed E-state index contributed by atoms with van der Waals surface area (Å²) in [6.07, 6.45) is 4.08. The zero-order valence-electron chi connectivity index (χ0n) is 10.1. The fourth-order valence-corrected chi connectivity index (χ4v) is 2.48. The van der Waals surface area contributed by atoms with Gasteiger partial charge >= 0.3 is 0 Å². The Balaban J connectivity index is 1.57. The lowest BCUT2D eigenvalue weighted by Crippen LogP contribution is -2.26. The van der Waals surface area contributed by atoms with Crippen molar-refractivity contribution >= 4 is 5.69 Å². The Labute approximate surface area is 102 Å². The fourth-order valence-electron chi connectivity index (χ4n) is 2.48. The first-order chi connectivity index (χ1) is 8.42. The molecule has 1 N–H and O–H groups in total. The van der Waals surface area contributed by atoms with Gasteiger partial charge in [-0.1, -0.05) is 6.07 Å². The average Bonchev–Trinajstić information content (AvgIpc) is 2.85. The second-order valence-electron chi connectivity index (χ2n) is 4.85. The van der Waals surface area contributed by atoms with Crippen LogP contribution in [0.25, 0.3) is 0 Å². The molecule has 92 valence electrons. The molecule has 2 aliphatic heterocycles. The van der Waals surface area contributed by atoms with E-state index in [2.05, 4.69) is 23.5 Å². The van der Waals surface area contributed by atoms with E-state index in [1.54, 1.807) is 0 Å². The molecule has 1 fully saturated rings. The van der Waals surface area contributed by atoms with Crippen LogP contribution >= 0.6 is 0 Å². The lowest BCUT2D eigenvalue weighted by molar-refractivity contribution is 0.0247. The van der Waals surface area contributed by atoms with E-state index in [9.17, 15) is 0 Å². The largest absolute Gasteiger partial charge is 0.382 e. The first-order valence-electron chi connectivity index (χ1n) is 6.47. The summed E-state index contributed by atoms with van der Waals surface area (Å²) in [4.78, 5) is 0. The minimum absolute atomic E-state index is 0.383. The highest BCUT2D eigenvalue weighted by Crippen LogP contribution is 2.23. The number of anilines is 1. The van der Waals surface area contributed by atoms with Crippen LogP contribution in [0.2, 0.25) is 0 Å². The second kappa shape index (κ2) is 5.07. The van der Waals surface area contributed by atoms with Gasteiger partial charge in [0.2, 0.25) is 0 Å². The van der Waals surface area contributed by atoms with E-state index in [1.165, 1.54) is 36.1 Å². The zero-order chi connectivity index (χ0) is 11.5. The summed E-state index contributed by atoms with van der Waals surface area (Å²) < 4.78 is 11.1. The Bertz CT molecular complexity index is 386. The van der Waals surface area contributed by atoms with Gasteiger partial charge in [0.25, 0.3) is 0 Å². The molecule has 0 aromatic heterocycles. The molecule has 0 aliphatic carbocycles. The van der Waals surface area contributed by atoms with E-state index < -0.39 is 0 Å². The van der Waals surface area contributed by atoms with Crippen LogP contribution in [0.4, 0.5) is 5.69 Å². The van der Waals surface area contributed by atoms with Crippen molar-refractivity contribution in [3.05, 3.63) is 29.3 Å². The lowest BCUT2D eigenvalue weighted by atomic mass is 10.1. The van der Waals surface area contributed by atoms with Crippen LogP contribution in [-0.2, 0) is 22.7 Å². The van der Waals surface area contributed by atoms with Gasteiger partial charge in [0.05, 0.1) is 19.3 Å². The highest BCUT2D eigenvalue weighted by Gasteiger charge is 2.14. The van der Waals surface area contributed by atoms with Gasteiger partial charge in [0.15, 0.2) is 0 Å². The normalized spacial score (nSPS) is 23.4. The Morgan fingerprint density at radius 3 is 3.00 bits per heavy atom. The molecule has 3 heteroatoms. The van der Waals surface area contributed by atoms with Gasteiger partial charge in [0.1, 0.15) is 0 Å². The summed E-state index contributed by atoms with van der Waals surface area (Å²) >= 11 is 0. The SMILES string of the molecule is c1cc2c(cc1NCC1CCCCO1)COC2. The van der Waals surface area contributed by atoms with Crippen LogP contribution in [0.3, 0.4) is 0 Å². The van der Waals surface area contributed by atoms with E-state index in [1.807, 2.05) is 0 Å². The third-order valence-electron chi connectivity index (χ3n) is 3.53. The Kier molecular flexibility index (Phi) is 3.29. The number of rotatable bonds is 3. The van der Waals surface area contributed by atoms with Crippen LogP contribution in [-0.4, -0.2) is 19.3 Å². The number of ether oxygens (including phenoxy) is 2. The highest BCUT2D eigenvalue weighted by atomic mass is 16.5. The highest BCUT2D eigenvalue weighted by molar-refractivity contribution is 5.49. The van der Waals surface area contributed by atoms with Crippen molar-refractivity contribution in [2.24, 2.45) is 0 Å². The fraction of sp³-hybridized carbons (Fsp3) is 0.571. The summed E-state index contributed by atoms with van der Waals surface area (Å²) in [5.74, 6) is 0. The zero-order valence-corrected chi connectivity index (χ0v) is 10.1. The molecule has 0 radical (unpaired) electrons. The number of hydrogen-bond acceptors (Lipinski definition) is 3. The molecule has 0 bridgehead atoms. The number of benzene rings is 1. The number of nitrogens with one attached hydrogen (secondary N) is 1. The number of hydrogen-bond donors (Lipinski definition) is 1. The molecular weight excluding hydrogens is 214 g/mol. The molecule has 1 aromatic carbocycles. The van der Waals surface area contributed by atoms with E-state index >= 15 is 0 Å². The quantitative estimate of drug-likeness (QED) is 0.870. The van der Waals surface area contributed by atoms with Crippen LogP contribution < -0.4 is 5.32 Å². The molecule has 3 rings (SSSR count). The summed E-state index contributed by atoms with van der Waals surface area (Å²) in [6, 6.07) is 6.49. The van der Waals surface area contributed by atoms with Gasteiger partial charge in [-0.25, -0.2) is 0 Å². The van der Waals surface area contributed by atoms with Crippen molar-refractivity contribution in [2.75, 3.05) is 18.5 Å². The first-order valence-corrected chi connectivity index (χ1v) is 6.47. The molecule has 2 aliphatic rings. The predicted molar refractivity (Wildman–Crippen MR) is 67.0 cm³/mol. The average molecular weight is 233 g/mol. The van der Waals surface area contributed by atoms with Gasteiger partial charge in [0, 0.05) is 18.8 Å². The van der Waals surface area contributed by atoms with Crippen molar-refractivity contribution < 1.29 is 9.47 Å². The Morgan fingerprint density at radius 2 is 2.12 bits per heavy atom.